The van der Waals surface area contributed by atoms with Crippen LogP contribution in [-0.2, 0) is 6.18 Å². The summed E-state index contributed by atoms with van der Waals surface area (Å²) in [5.74, 6) is 4.99. The van der Waals surface area contributed by atoms with Crippen LogP contribution in [0.15, 0.2) is 6.07 Å². The molecule has 0 aromatic carbocycles. The molecule has 2 heterocycles. The highest BCUT2D eigenvalue weighted by atomic mass is 19.4. The molecule has 1 fully saturated rings. The Morgan fingerprint density at radius 3 is 2.71 bits per heavy atom. The zero-order valence-corrected chi connectivity index (χ0v) is 11.4. The first-order chi connectivity index (χ1) is 9.95. The molecule has 1 aromatic rings. The maximum atomic E-state index is 12.9. The van der Waals surface area contributed by atoms with Crippen LogP contribution >= 0.6 is 0 Å². The van der Waals surface area contributed by atoms with Gasteiger partial charge < -0.3 is 10.0 Å². The number of nitrogens with zero attached hydrogens (tertiary/aromatic N) is 3. The molecule has 0 aliphatic carbocycles. The zero-order chi connectivity index (χ0) is 15.5. The van der Waals surface area contributed by atoms with Crippen molar-refractivity contribution in [3.8, 4) is 0 Å². The fourth-order valence-electron chi connectivity index (χ4n) is 2.46. The average molecular weight is 305 g/mol. The van der Waals surface area contributed by atoms with Gasteiger partial charge in [-0.2, -0.15) is 18.2 Å². The molecule has 1 atom stereocenters. The Hall–Kier alpha value is -1.61. The zero-order valence-electron chi connectivity index (χ0n) is 11.4. The molecule has 21 heavy (non-hydrogen) atoms. The van der Waals surface area contributed by atoms with Crippen molar-refractivity contribution in [2.24, 2.45) is 5.84 Å². The number of aliphatic hydroxyl groups is 1. The van der Waals surface area contributed by atoms with Crippen molar-refractivity contribution in [3.05, 3.63) is 11.8 Å². The predicted octanol–water partition coefficient (Wildman–Crippen LogP) is 1.52. The SMILES string of the molecule is NNc1nc(N2CCCCCC2CO)cc(C(F)(F)F)n1. The van der Waals surface area contributed by atoms with Crippen molar-refractivity contribution < 1.29 is 18.3 Å². The van der Waals surface area contributed by atoms with Gasteiger partial charge in [0.1, 0.15) is 5.82 Å². The first-order valence-electron chi connectivity index (χ1n) is 6.76. The smallest absolute Gasteiger partial charge is 0.394 e. The number of nitrogens with two attached hydrogens (primary N) is 1. The van der Waals surface area contributed by atoms with E-state index in [-0.39, 0.29) is 24.4 Å². The molecule has 1 unspecified atom stereocenters. The van der Waals surface area contributed by atoms with E-state index in [4.69, 9.17) is 5.84 Å². The van der Waals surface area contributed by atoms with Crippen molar-refractivity contribution in [1.29, 1.82) is 0 Å². The highest BCUT2D eigenvalue weighted by Gasteiger charge is 2.35. The largest absolute Gasteiger partial charge is 0.433 e. The summed E-state index contributed by atoms with van der Waals surface area (Å²) in [4.78, 5) is 9.03. The van der Waals surface area contributed by atoms with Crippen molar-refractivity contribution >= 4 is 11.8 Å². The highest BCUT2D eigenvalue weighted by molar-refractivity contribution is 5.46. The number of rotatable bonds is 3. The van der Waals surface area contributed by atoms with E-state index in [0.29, 0.717) is 13.0 Å². The summed E-state index contributed by atoms with van der Waals surface area (Å²) in [6, 6.07) is 0.656. The van der Waals surface area contributed by atoms with E-state index in [1.165, 1.54) is 0 Å². The van der Waals surface area contributed by atoms with Gasteiger partial charge in [-0.25, -0.2) is 10.8 Å². The Bertz CT molecular complexity index is 482. The molecule has 0 saturated carbocycles. The molecule has 1 aliphatic heterocycles. The van der Waals surface area contributed by atoms with Gasteiger partial charge in [0.2, 0.25) is 5.95 Å². The quantitative estimate of drug-likeness (QED) is 0.580. The summed E-state index contributed by atoms with van der Waals surface area (Å²) in [5, 5.41) is 9.46. The van der Waals surface area contributed by atoms with Crippen molar-refractivity contribution in [3.63, 3.8) is 0 Å². The lowest BCUT2D eigenvalue weighted by molar-refractivity contribution is -0.141. The van der Waals surface area contributed by atoms with Crippen LogP contribution in [0, 0.1) is 0 Å². The Morgan fingerprint density at radius 2 is 2.10 bits per heavy atom. The molecule has 6 nitrogen and oxygen atoms in total. The van der Waals surface area contributed by atoms with Gasteiger partial charge in [-0.1, -0.05) is 12.8 Å². The number of anilines is 2. The fraction of sp³-hybridized carbons (Fsp3) is 0.667. The van der Waals surface area contributed by atoms with Gasteiger partial charge in [0.25, 0.3) is 0 Å². The van der Waals surface area contributed by atoms with Crippen LogP contribution < -0.4 is 16.2 Å². The van der Waals surface area contributed by atoms with Gasteiger partial charge in [-0.15, -0.1) is 0 Å². The van der Waals surface area contributed by atoms with Crippen LogP contribution in [0.1, 0.15) is 31.4 Å². The van der Waals surface area contributed by atoms with Crippen LogP contribution in [0.2, 0.25) is 0 Å². The first-order valence-corrected chi connectivity index (χ1v) is 6.76. The Labute approximate surface area is 120 Å². The first kappa shape index (κ1) is 15.8. The minimum absolute atomic E-state index is 0.128. The summed E-state index contributed by atoms with van der Waals surface area (Å²) in [5.41, 5.74) is 1.00. The third kappa shape index (κ3) is 3.73. The van der Waals surface area contributed by atoms with E-state index >= 15 is 0 Å². The van der Waals surface area contributed by atoms with E-state index in [1.54, 1.807) is 4.90 Å². The highest BCUT2D eigenvalue weighted by Crippen LogP contribution is 2.32. The molecule has 1 aromatic heterocycles. The number of nitrogen functional groups attached to an aromatic ring is 1. The number of alkyl halides is 3. The van der Waals surface area contributed by atoms with Gasteiger partial charge in [0, 0.05) is 12.6 Å². The lowest BCUT2D eigenvalue weighted by atomic mass is 10.1. The second-order valence-electron chi connectivity index (χ2n) is 4.96. The third-order valence-electron chi connectivity index (χ3n) is 3.51. The normalized spacial score (nSPS) is 20.2. The van der Waals surface area contributed by atoms with Gasteiger partial charge in [-0.3, -0.25) is 5.43 Å². The fourth-order valence-corrected chi connectivity index (χ4v) is 2.46. The Balaban J connectivity index is 2.40. The minimum atomic E-state index is -4.58. The molecule has 9 heteroatoms. The predicted molar refractivity (Wildman–Crippen MR) is 71.5 cm³/mol. The Kier molecular flexibility index (Phi) is 4.84. The Morgan fingerprint density at radius 1 is 1.33 bits per heavy atom. The number of nitrogens with one attached hydrogen (secondary N) is 1. The molecule has 2 rings (SSSR count). The molecule has 1 saturated heterocycles. The molecule has 0 radical (unpaired) electrons. The maximum absolute atomic E-state index is 12.9. The van der Waals surface area contributed by atoms with Gasteiger partial charge in [0.05, 0.1) is 12.6 Å². The van der Waals surface area contributed by atoms with Crippen LogP contribution in [0.4, 0.5) is 24.9 Å². The number of hydrogen-bond donors (Lipinski definition) is 3. The van der Waals surface area contributed by atoms with Crippen LogP contribution in [0.3, 0.4) is 0 Å². The summed E-state index contributed by atoms with van der Waals surface area (Å²) in [6.07, 6.45) is -1.11. The van der Waals surface area contributed by atoms with Crippen LogP contribution in [0.5, 0.6) is 0 Å². The van der Waals surface area contributed by atoms with Gasteiger partial charge in [-0.05, 0) is 12.8 Å². The monoisotopic (exact) mass is 305 g/mol. The van der Waals surface area contributed by atoms with E-state index in [2.05, 4.69) is 15.4 Å². The minimum Gasteiger partial charge on any atom is -0.394 e. The van der Waals surface area contributed by atoms with Gasteiger partial charge in [0.15, 0.2) is 5.69 Å². The topological polar surface area (TPSA) is 87.3 Å². The molecule has 4 N–H and O–H groups in total. The van der Waals surface area contributed by atoms with Crippen molar-refractivity contribution in [2.75, 3.05) is 23.5 Å². The molecule has 0 spiro atoms. The average Bonchev–Trinajstić information content (AvgIpc) is 2.70. The van der Waals surface area contributed by atoms with E-state index in [1.807, 2.05) is 0 Å². The molecular weight excluding hydrogens is 287 g/mol. The van der Waals surface area contributed by atoms with Crippen LogP contribution in [-0.4, -0.2) is 34.3 Å². The number of hydrogen-bond acceptors (Lipinski definition) is 6. The summed E-state index contributed by atoms with van der Waals surface area (Å²) in [7, 11) is 0. The number of aromatic nitrogens is 2. The van der Waals surface area contributed by atoms with E-state index in [9.17, 15) is 18.3 Å². The standard InChI is InChI=1S/C12H18F3N5O/c13-12(14,15)9-6-10(18-11(17-9)19-16)20-5-3-1-2-4-8(20)7-21/h6,8,21H,1-5,7,16H2,(H,17,18,19). The molecule has 0 bridgehead atoms. The third-order valence-corrected chi connectivity index (χ3v) is 3.51. The summed E-state index contributed by atoms with van der Waals surface area (Å²) >= 11 is 0. The summed E-state index contributed by atoms with van der Waals surface area (Å²) < 4.78 is 38.7. The second kappa shape index (κ2) is 6.44. The van der Waals surface area contributed by atoms with Crippen LogP contribution in [0.25, 0.3) is 0 Å². The number of aliphatic hydroxyl groups excluding tert-OH is 1. The number of halogens is 3. The molecule has 1 aliphatic rings. The summed E-state index contributed by atoms with van der Waals surface area (Å²) in [6.45, 7) is 0.417. The second-order valence-corrected chi connectivity index (χ2v) is 4.96. The van der Waals surface area contributed by atoms with E-state index in [0.717, 1.165) is 25.3 Å². The number of hydrazine groups is 1. The van der Waals surface area contributed by atoms with Gasteiger partial charge >= 0.3 is 6.18 Å². The molecular formula is C12H18F3N5O. The van der Waals surface area contributed by atoms with Crippen molar-refractivity contribution in [1.82, 2.24) is 9.97 Å². The molecule has 0 amide bonds. The van der Waals surface area contributed by atoms with E-state index < -0.39 is 11.9 Å². The lowest BCUT2D eigenvalue weighted by Crippen LogP contribution is -2.38. The van der Waals surface area contributed by atoms with Crippen molar-refractivity contribution in [2.45, 2.75) is 37.9 Å². The maximum Gasteiger partial charge on any atom is 0.433 e. The molecule has 118 valence electrons. The lowest BCUT2D eigenvalue weighted by Gasteiger charge is -2.30.